The number of likely N-dealkylation sites (tertiary alicyclic amines) is 1. The van der Waals surface area contributed by atoms with E-state index in [0.29, 0.717) is 18.2 Å². The van der Waals surface area contributed by atoms with Crippen molar-refractivity contribution < 1.29 is 9.53 Å². The predicted molar refractivity (Wildman–Crippen MR) is 70.5 cm³/mol. The monoisotopic (exact) mass is 255 g/mol. The van der Waals surface area contributed by atoms with Crippen LogP contribution in [0.1, 0.15) is 12.8 Å². The maximum Gasteiger partial charge on any atom is 0.223 e. The van der Waals surface area contributed by atoms with Crippen molar-refractivity contribution in [2.45, 2.75) is 12.8 Å². The lowest BCUT2D eigenvalue weighted by Crippen LogP contribution is -2.47. The first kappa shape index (κ1) is 13.8. The third-order valence-corrected chi connectivity index (χ3v) is 3.88. The molecule has 18 heavy (non-hydrogen) atoms. The zero-order valence-corrected chi connectivity index (χ0v) is 11.4. The van der Waals surface area contributed by atoms with Gasteiger partial charge in [0.1, 0.15) is 0 Å². The fourth-order valence-electron chi connectivity index (χ4n) is 2.81. The van der Waals surface area contributed by atoms with E-state index in [2.05, 4.69) is 10.2 Å². The van der Waals surface area contributed by atoms with Crippen molar-refractivity contribution in [2.75, 3.05) is 59.5 Å². The molecule has 2 rings (SSSR count). The topological polar surface area (TPSA) is 44.8 Å². The Labute approximate surface area is 109 Å². The van der Waals surface area contributed by atoms with Gasteiger partial charge in [-0.1, -0.05) is 0 Å². The fraction of sp³-hybridized carbons (Fsp3) is 0.923. The van der Waals surface area contributed by atoms with Crippen molar-refractivity contribution in [3.8, 4) is 0 Å². The van der Waals surface area contributed by atoms with Crippen LogP contribution < -0.4 is 5.32 Å². The van der Waals surface area contributed by atoms with Crippen molar-refractivity contribution in [3.05, 3.63) is 0 Å². The zero-order chi connectivity index (χ0) is 12.8. The summed E-state index contributed by atoms with van der Waals surface area (Å²) in [4.78, 5) is 16.4. The molecule has 2 aliphatic heterocycles. The summed E-state index contributed by atoms with van der Waals surface area (Å²) in [5, 5.41) is 3.27. The SMILES string of the molecule is COCC1CCN(CCC(=O)N2CCNCC2)C1. The number of carbonyl (C=O) groups is 1. The molecule has 0 aromatic carbocycles. The molecule has 0 aromatic heterocycles. The number of hydrogen-bond donors (Lipinski definition) is 1. The van der Waals surface area contributed by atoms with Crippen LogP contribution in [0.15, 0.2) is 0 Å². The predicted octanol–water partition coefficient (Wildman–Crippen LogP) is -0.223. The third kappa shape index (κ3) is 3.93. The van der Waals surface area contributed by atoms with E-state index in [1.165, 1.54) is 6.42 Å². The normalized spacial score (nSPS) is 25.6. The first-order chi connectivity index (χ1) is 8.79. The summed E-state index contributed by atoms with van der Waals surface area (Å²) < 4.78 is 5.19. The van der Waals surface area contributed by atoms with Crippen molar-refractivity contribution in [3.63, 3.8) is 0 Å². The molecule has 0 spiro atoms. The number of ether oxygens (including phenoxy) is 1. The highest BCUT2D eigenvalue weighted by Gasteiger charge is 2.23. The van der Waals surface area contributed by atoms with E-state index in [-0.39, 0.29) is 0 Å². The van der Waals surface area contributed by atoms with Gasteiger partial charge in [-0.25, -0.2) is 0 Å². The second kappa shape index (κ2) is 7.07. The average Bonchev–Trinajstić information content (AvgIpc) is 2.85. The molecule has 1 N–H and O–H groups in total. The molecule has 2 aliphatic rings. The van der Waals surface area contributed by atoms with Crippen LogP contribution >= 0.6 is 0 Å². The lowest BCUT2D eigenvalue weighted by Gasteiger charge is -2.28. The molecular weight excluding hydrogens is 230 g/mol. The van der Waals surface area contributed by atoms with Crippen LogP contribution in [0.4, 0.5) is 0 Å². The van der Waals surface area contributed by atoms with Crippen LogP contribution in [-0.4, -0.2) is 75.2 Å². The van der Waals surface area contributed by atoms with E-state index < -0.39 is 0 Å². The molecule has 0 aromatic rings. The van der Waals surface area contributed by atoms with E-state index >= 15 is 0 Å². The summed E-state index contributed by atoms with van der Waals surface area (Å²) in [5.74, 6) is 0.969. The average molecular weight is 255 g/mol. The molecular formula is C13H25N3O2. The second-order valence-corrected chi connectivity index (χ2v) is 5.29. The Morgan fingerprint density at radius 2 is 2.11 bits per heavy atom. The van der Waals surface area contributed by atoms with Gasteiger partial charge >= 0.3 is 0 Å². The first-order valence-electron chi connectivity index (χ1n) is 6.99. The molecule has 1 atom stereocenters. The van der Waals surface area contributed by atoms with Gasteiger partial charge in [0.2, 0.25) is 5.91 Å². The van der Waals surface area contributed by atoms with Crippen LogP contribution in [0.2, 0.25) is 0 Å². The molecule has 0 aliphatic carbocycles. The van der Waals surface area contributed by atoms with Gasteiger partial charge in [-0.3, -0.25) is 4.79 Å². The minimum atomic E-state index is 0.312. The van der Waals surface area contributed by atoms with E-state index in [9.17, 15) is 4.79 Å². The smallest absolute Gasteiger partial charge is 0.223 e. The Bertz CT molecular complexity index is 267. The summed E-state index contributed by atoms with van der Waals surface area (Å²) in [6, 6.07) is 0. The Balaban J connectivity index is 1.64. The zero-order valence-electron chi connectivity index (χ0n) is 11.4. The number of amides is 1. The van der Waals surface area contributed by atoms with E-state index in [1.807, 2.05) is 4.90 Å². The lowest BCUT2D eigenvalue weighted by molar-refractivity contribution is -0.132. The highest BCUT2D eigenvalue weighted by molar-refractivity contribution is 5.76. The third-order valence-electron chi connectivity index (χ3n) is 3.88. The van der Waals surface area contributed by atoms with Gasteiger partial charge < -0.3 is 19.9 Å². The number of piperazine rings is 1. The molecule has 5 nitrogen and oxygen atoms in total. The van der Waals surface area contributed by atoms with Gasteiger partial charge in [0.15, 0.2) is 0 Å². The van der Waals surface area contributed by atoms with E-state index in [4.69, 9.17) is 4.74 Å². The maximum absolute atomic E-state index is 12.0. The largest absolute Gasteiger partial charge is 0.384 e. The van der Waals surface area contributed by atoms with Crippen molar-refractivity contribution >= 4 is 5.91 Å². The minimum absolute atomic E-state index is 0.312. The lowest BCUT2D eigenvalue weighted by atomic mass is 10.1. The number of methoxy groups -OCH3 is 1. The molecule has 0 bridgehead atoms. The molecule has 2 fully saturated rings. The van der Waals surface area contributed by atoms with Crippen molar-refractivity contribution in [1.29, 1.82) is 0 Å². The van der Waals surface area contributed by atoms with Gasteiger partial charge in [0, 0.05) is 52.8 Å². The quantitative estimate of drug-likeness (QED) is 0.737. The summed E-state index contributed by atoms with van der Waals surface area (Å²) in [6.07, 6.45) is 1.87. The Hall–Kier alpha value is -0.650. The molecule has 0 saturated carbocycles. The first-order valence-corrected chi connectivity index (χ1v) is 6.99. The van der Waals surface area contributed by atoms with E-state index in [1.54, 1.807) is 7.11 Å². The van der Waals surface area contributed by atoms with Gasteiger partial charge in [0.25, 0.3) is 0 Å². The minimum Gasteiger partial charge on any atom is -0.384 e. The summed E-state index contributed by atoms with van der Waals surface area (Å²) in [7, 11) is 1.76. The summed E-state index contributed by atoms with van der Waals surface area (Å²) >= 11 is 0. The van der Waals surface area contributed by atoms with Crippen LogP contribution in [0, 0.1) is 5.92 Å². The van der Waals surface area contributed by atoms with E-state index in [0.717, 1.165) is 52.4 Å². The molecule has 104 valence electrons. The molecule has 1 unspecified atom stereocenters. The maximum atomic E-state index is 12.0. The van der Waals surface area contributed by atoms with Gasteiger partial charge in [-0.05, 0) is 18.9 Å². The number of carbonyl (C=O) groups excluding carboxylic acids is 1. The Morgan fingerprint density at radius 3 is 2.83 bits per heavy atom. The molecule has 2 heterocycles. The standard InChI is InChI=1S/C13H25N3O2/c1-18-11-12-2-6-15(10-12)7-3-13(17)16-8-4-14-5-9-16/h12,14H,2-11H2,1H3. The summed E-state index contributed by atoms with van der Waals surface area (Å²) in [6.45, 7) is 7.56. The highest BCUT2D eigenvalue weighted by atomic mass is 16.5. The molecule has 1 amide bonds. The fourth-order valence-corrected chi connectivity index (χ4v) is 2.81. The number of nitrogens with zero attached hydrogens (tertiary/aromatic N) is 2. The van der Waals surface area contributed by atoms with Crippen molar-refractivity contribution in [2.24, 2.45) is 5.92 Å². The molecule has 2 saturated heterocycles. The highest BCUT2D eigenvalue weighted by Crippen LogP contribution is 2.16. The Kier molecular flexibility index (Phi) is 5.41. The van der Waals surface area contributed by atoms with Crippen LogP contribution in [0.5, 0.6) is 0 Å². The second-order valence-electron chi connectivity index (χ2n) is 5.29. The van der Waals surface area contributed by atoms with Crippen LogP contribution in [-0.2, 0) is 9.53 Å². The number of nitrogens with one attached hydrogen (secondary N) is 1. The molecule has 5 heteroatoms. The van der Waals surface area contributed by atoms with Gasteiger partial charge in [0.05, 0.1) is 6.61 Å². The summed E-state index contributed by atoms with van der Waals surface area (Å²) in [5.41, 5.74) is 0. The van der Waals surface area contributed by atoms with Gasteiger partial charge in [-0.2, -0.15) is 0 Å². The van der Waals surface area contributed by atoms with Crippen LogP contribution in [0.3, 0.4) is 0 Å². The number of rotatable bonds is 5. The molecule has 0 radical (unpaired) electrons. The van der Waals surface area contributed by atoms with Crippen LogP contribution in [0.25, 0.3) is 0 Å². The van der Waals surface area contributed by atoms with Crippen molar-refractivity contribution in [1.82, 2.24) is 15.1 Å². The van der Waals surface area contributed by atoms with Gasteiger partial charge in [-0.15, -0.1) is 0 Å². The number of hydrogen-bond acceptors (Lipinski definition) is 4. The Morgan fingerprint density at radius 1 is 1.33 bits per heavy atom.